The number of piperidine rings is 1. The predicted octanol–water partition coefficient (Wildman–Crippen LogP) is 3.14. The van der Waals surface area contributed by atoms with Crippen LogP contribution in [0.4, 0.5) is 0 Å². The quantitative estimate of drug-likeness (QED) is 0.863. The van der Waals surface area contributed by atoms with Crippen LogP contribution in [0.1, 0.15) is 26.7 Å². The second-order valence-electron chi connectivity index (χ2n) is 6.19. The lowest BCUT2D eigenvalue weighted by Crippen LogP contribution is -2.48. The van der Waals surface area contributed by atoms with Gasteiger partial charge >= 0.3 is 0 Å². The minimum absolute atomic E-state index is 0.00802. The maximum absolute atomic E-state index is 12.0. The van der Waals surface area contributed by atoms with Gasteiger partial charge in [-0.3, -0.25) is 9.59 Å². The smallest absolute Gasteiger partial charge is 0.258 e. The van der Waals surface area contributed by atoms with E-state index in [4.69, 9.17) is 27.9 Å². The highest BCUT2D eigenvalue weighted by atomic mass is 35.5. The first kappa shape index (κ1) is 18.9. The van der Waals surface area contributed by atoms with Crippen molar-refractivity contribution in [2.75, 3.05) is 19.7 Å². The van der Waals surface area contributed by atoms with Crippen molar-refractivity contribution < 1.29 is 14.3 Å². The summed E-state index contributed by atoms with van der Waals surface area (Å²) >= 11 is 11.8. The Morgan fingerprint density at radius 3 is 2.54 bits per heavy atom. The maximum Gasteiger partial charge on any atom is 0.258 e. The van der Waals surface area contributed by atoms with Crippen LogP contribution in [0.3, 0.4) is 0 Å². The number of nitrogens with zero attached hydrogens (tertiary/aromatic N) is 1. The molecule has 0 atom stereocenters. The van der Waals surface area contributed by atoms with Crippen LogP contribution in [0.2, 0.25) is 10.0 Å². The molecule has 0 aliphatic carbocycles. The van der Waals surface area contributed by atoms with Crippen molar-refractivity contribution in [3.05, 3.63) is 28.2 Å². The lowest BCUT2D eigenvalue weighted by Gasteiger charge is -2.33. The molecular formula is C17H22Cl2N2O3. The van der Waals surface area contributed by atoms with Gasteiger partial charge in [0.05, 0.1) is 5.02 Å². The highest BCUT2D eigenvalue weighted by Gasteiger charge is 2.25. The van der Waals surface area contributed by atoms with Gasteiger partial charge in [0.15, 0.2) is 6.61 Å². The Balaban J connectivity index is 1.75. The second-order valence-corrected chi connectivity index (χ2v) is 7.03. The van der Waals surface area contributed by atoms with Crippen molar-refractivity contribution in [1.82, 2.24) is 10.2 Å². The Morgan fingerprint density at radius 2 is 1.96 bits per heavy atom. The molecule has 7 heteroatoms. The second kappa shape index (κ2) is 8.58. The van der Waals surface area contributed by atoms with Gasteiger partial charge in [-0.05, 0) is 31.0 Å². The predicted molar refractivity (Wildman–Crippen MR) is 94.5 cm³/mol. The molecule has 1 aliphatic rings. The number of carbonyl (C=O) groups excluding carboxylic acids is 2. The Labute approximate surface area is 152 Å². The van der Waals surface area contributed by atoms with E-state index in [-0.39, 0.29) is 30.4 Å². The van der Waals surface area contributed by atoms with Crippen LogP contribution in [-0.4, -0.2) is 42.5 Å². The standard InChI is InChI=1S/C17H22Cl2N2O3/c1-11(2)17(23)21-7-5-13(6-8-21)20-16(22)10-24-15-4-3-12(18)9-14(15)19/h3-4,9,11,13H,5-8,10H2,1-2H3,(H,20,22). The average Bonchev–Trinajstić information content (AvgIpc) is 2.54. The number of benzene rings is 1. The van der Waals surface area contributed by atoms with Crippen LogP contribution >= 0.6 is 23.2 Å². The first-order valence-electron chi connectivity index (χ1n) is 8.03. The summed E-state index contributed by atoms with van der Waals surface area (Å²) in [5.41, 5.74) is 0. The van der Waals surface area contributed by atoms with E-state index in [2.05, 4.69) is 5.32 Å². The van der Waals surface area contributed by atoms with E-state index in [9.17, 15) is 9.59 Å². The molecule has 1 aromatic rings. The molecule has 5 nitrogen and oxygen atoms in total. The molecule has 0 aromatic heterocycles. The number of hydrogen-bond donors (Lipinski definition) is 1. The number of carbonyl (C=O) groups is 2. The molecule has 1 aliphatic heterocycles. The molecule has 1 fully saturated rings. The molecule has 2 amide bonds. The fourth-order valence-corrected chi connectivity index (χ4v) is 3.08. The first-order chi connectivity index (χ1) is 11.4. The van der Waals surface area contributed by atoms with Gasteiger partial charge < -0.3 is 15.0 Å². The molecule has 1 aromatic carbocycles. The number of halogens is 2. The van der Waals surface area contributed by atoms with Crippen molar-refractivity contribution >= 4 is 35.0 Å². The van der Waals surface area contributed by atoms with Gasteiger partial charge in [0.1, 0.15) is 5.75 Å². The van der Waals surface area contributed by atoms with E-state index in [0.29, 0.717) is 28.9 Å². The van der Waals surface area contributed by atoms with Crippen molar-refractivity contribution in [3.8, 4) is 5.75 Å². The van der Waals surface area contributed by atoms with Gasteiger partial charge in [0.25, 0.3) is 5.91 Å². The van der Waals surface area contributed by atoms with Gasteiger partial charge in [-0.1, -0.05) is 37.0 Å². The summed E-state index contributed by atoms with van der Waals surface area (Å²) in [7, 11) is 0. The van der Waals surface area contributed by atoms with Crippen LogP contribution in [0.25, 0.3) is 0 Å². The van der Waals surface area contributed by atoms with Crippen LogP contribution in [0.15, 0.2) is 18.2 Å². The fraction of sp³-hybridized carbons (Fsp3) is 0.529. The molecule has 0 radical (unpaired) electrons. The zero-order valence-electron chi connectivity index (χ0n) is 13.9. The van der Waals surface area contributed by atoms with Crippen molar-refractivity contribution in [3.63, 3.8) is 0 Å². The van der Waals surface area contributed by atoms with E-state index >= 15 is 0 Å². The monoisotopic (exact) mass is 372 g/mol. The highest BCUT2D eigenvalue weighted by molar-refractivity contribution is 6.35. The van der Waals surface area contributed by atoms with Crippen LogP contribution < -0.4 is 10.1 Å². The summed E-state index contributed by atoms with van der Waals surface area (Å²) in [4.78, 5) is 25.8. The molecule has 1 N–H and O–H groups in total. The molecule has 132 valence electrons. The average molecular weight is 373 g/mol. The Morgan fingerprint density at radius 1 is 1.29 bits per heavy atom. The summed E-state index contributed by atoms with van der Waals surface area (Å²) < 4.78 is 5.42. The zero-order valence-corrected chi connectivity index (χ0v) is 15.4. The van der Waals surface area contributed by atoms with Gasteiger partial charge in [-0.25, -0.2) is 0 Å². The normalized spacial score (nSPS) is 15.5. The number of ether oxygens (including phenoxy) is 1. The summed E-state index contributed by atoms with van der Waals surface area (Å²) in [5.74, 6) is 0.400. The van der Waals surface area contributed by atoms with E-state index in [0.717, 1.165) is 12.8 Å². The maximum atomic E-state index is 12.0. The summed E-state index contributed by atoms with van der Waals surface area (Å²) in [5, 5.41) is 3.82. The summed E-state index contributed by atoms with van der Waals surface area (Å²) in [6, 6.07) is 4.92. The van der Waals surface area contributed by atoms with Crippen molar-refractivity contribution in [2.24, 2.45) is 5.92 Å². The molecular weight excluding hydrogens is 351 g/mol. The molecule has 0 saturated carbocycles. The van der Waals surface area contributed by atoms with E-state index in [1.807, 2.05) is 18.7 Å². The Kier molecular flexibility index (Phi) is 6.75. The largest absolute Gasteiger partial charge is 0.482 e. The first-order valence-corrected chi connectivity index (χ1v) is 8.78. The van der Waals surface area contributed by atoms with Crippen LogP contribution in [0.5, 0.6) is 5.75 Å². The van der Waals surface area contributed by atoms with E-state index < -0.39 is 0 Å². The number of rotatable bonds is 5. The third-order valence-electron chi connectivity index (χ3n) is 3.92. The molecule has 1 heterocycles. The molecule has 0 unspecified atom stereocenters. The van der Waals surface area contributed by atoms with Crippen LogP contribution in [0, 0.1) is 5.92 Å². The SMILES string of the molecule is CC(C)C(=O)N1CCC(NC(=O)COc2ccc(Cl)cc2Cl)CC1. The molecule has 0 bridgehead atoms. The number of hydrogen-bond acceptors (Lipinski definition) is 3. The highest BCUT2D eigenvalue weighted by Crippen LogP contribution is 2.27. The third-order valence-corrected chi connectivity index (χ3v) is 4.45. The lowest BCUT2D eigenvalue weighted by atomic mass is 10.0. The molecule has 2 rings (SSSR count). The van der Waals surface area contributed by atoms with Gasteiger partial charge in [0.2, 0.25) is 5.91 Å². The topological polar surface area (TPSA) is 58.6 Å². The summed E-state index contributed by atoms with van der Waals surface area (Å²) in [6.45, 7) is 5.04. The van der Waals surface area contributed by atoms with E-state index in [1.165, 1.54) is 0 Å². The third kappa shape index (κ3) is 5.28. The fourth-order valence-electron chi connectivity index (χ4n) is 2.61. The minimum atomic E-state index is -0.199. The Bertz CT molecular complexity index is 599. The Hall–Kier alpha value is -1.46. The molecule has 24 heavy (non-hydrogen) atoms. The van der Waals surface area contributed by atoms with Gasteiger partial charge in [0, 0.05) is 30.1 Å². The number of likely N-dealkylation sites (tertiary alicyclic amines) is 1. The van der Waals surface area contributed by atoms with Crippen LogP contribution in [-0.2, 0) is 9.59 Å². The van der Waals surface area contributed by atoms with Crippen molar-refractivity contribution in [1.29, 1.82) is 0 Å². The molecule has 0 spiro atoms. The lowest BCUT2D eigenvalue weighted by molar-refractivity contribution is -0.135. The van der Waals surface area contributed by atoms with E-state index in [1.54, 1.807) is 18.2 Å². The number of amides is 2. The van der Waals surface area contributed by atoms with Crippen molar-refractivity contribution in [2.45, 2.75) is 32.7 Å². The minimum Gasteiger partial charge on any atom is -0.482 e. The number of nitrogens with one attached hydrogen (secondary N) is 1. The van der Waals surface area contributed by atoms with Gasteiger partial charge in [-0.15, -0.1) is 0 Å². The molecule has 1 saturated heterocycles. The zero-order chi connectivity index (χ0) is 17.7. The van der Waals surface area contributed by atoms with Gasteiger partial charge in [-0.2, -0.15) is 0 Å². The summed E-state index contributed by atoms with van der Waals surface area (Å²) in [6.07, 6.45) is 1.51.